The number of carbonyl (C=O) groups excluding carboxylic acids is 2. The molecule has 2 amide bonds. The third-order valence-corrected chi connectivity index (χ3v) is 7.30. The highest BCUT2D eigenvalue weighted by atomic mass is 16.5. The second-order valence-electron chi connectivity index (χ2n) is 9.69. The van der Waals surface area contributed by atoms with E-state index >= 15 is 0 Å². The average molecular weight is 479 g/mol. The number of hydrogen-bond donors (Lipinski definition) is 3. The summed E-state index contributed by atoms with van der Waals surface area (Å²) in [5.74, 6) is -1.21. The van der Waals surface area contributed by atoms with Crippen molar-refractivity contribution in [3.63, 3.8) is 0 Å². The molecule has 3 N–H and O–H groups in total. The molecule has 0 aliphatic heterocycles. The third kappa shape index (κ3) is 6.02. The molecule has 0 aromatic heterocycles. The molecule has 2 aromatic carbocycles. The van der Waals surface area contributed by atoms with Crippen LogP contribution in [0.3, 0.4) is 0 Å². The maximum atomic E-state index is 12.5. The number of ether oxygens (including phenoxy) is 1. The number of amides is 2. The highest BCUT2D eigenvalue weighted by Crippen LogP contribution is 2.44. The first-order valence-electron chi connectivity index (χ1n) is 12.6. The van der Waals surface area contributed by atoms with Crippen molar-refractivity contribution in [1.29, 1.82) is 0 Å². The number of nitrogens with one attached hydrogen (secondary N) is 2. The largest absolute Gasteiger partial charge is 0.481 e. The summed E-state index contributed by atoms with van der Waals surface area (Å²) in [6.07, 6.45) is 3.69. The van der Waals surface area contributed by atoms with Gasteiger partial charge in [0, 0.05) is 24.4 Å². The zero-order chi connectivity index (χ0) is 24.8. The number of fused-ring (bicyclic) bond motifs is 3. The molecule has 4 rings (SSSR count). The number of benzene rings is 2. The van der Waals surface area contributed by atoms with Crippen LogP contribution in [0.4, 0.5) is 4.79 Å². The molecule has 1 fully saturated rings. The van der Waals surface area contributed by atoms with Crippen molar-refractivity contribution in [3.05, 3.63) is 59.7 Å². The summed E-state index contributed by atoms with van der Waals surface area (Å²) in [6.45, 7) is 2.46. The standard InChI is InChI=1S/C28H34N2O5/c1-18(27(32)33)7-6-16-29-26(31)19-12-14-20(15-13-19)30-28(34)35-17-25-23-10-4-2-8-21(23)22-9-3-5-11-24(22)25/h2-5,8-11,18-20,25H,6-7,12-17H2,1H3,(H,29,31)(H,30,34)(H,32,33). The molecule has 2 aliphatic carbocycles. The number of carbonyl (C=O) groups is 3. The molecule has 0 spiro atoms. The molecule has 186 valence electrons. The van der Waals surface area contributed by atoms with Crippen LogP contribution < -0.4 is 10.6 Å². The Kier molecular flexibility index (Phi) is 8.06. The predicted octanol–water partition coefficient (Wildman–Crippen LogP) is 4.70. The van der Waals surface area contributed by atoms with E-state index in [1.54, 1.807) is 6.92 Å². The molecule has 1 atom stereocenters. The fraction of sp³-hybridized carbons (Fsp3) is 0.464. The molecule has 0 saturated heterocycles. The van der Waals surface area contributed by atoms with E-state index in [2.05, 4.69) is 34.9 Å². The summed E-state index contributed by atoms with van der Waals surface area (Å²) in [5.41, 5.74) is 4.77. The van der Waals surface area contributed by atoms with Crippen LogP contribution in [-0.4, -0.2) is 42.3 Å². The number of carboxylic acids is 1. The van der Waals surface area contributed by atoms with Crippen LogP contribution in [0.1, 0.15) is 62.5 Å². The zero-order valence-electron chi connectivity index (χ0n) is 20.2. The van der Waals surface area contributed by atoms with Crippen LogP contribution in [0, 0.1) is 11.8 Å². The Morgan fingerprint density at radius 1 is 0.971 bits per heavy atom. The van der Waals surface area contributed by atoms with Gasteiger partial charge in [-0.2, -0.15) is 0 Å². The van der Waals surface area contributed by atoms with Crippen LogP contribution in [0.5, 0.6) is 0 Å². The second kappa shape index (κ2) is 11.4. The van der Waals surface area contributed by atoms with Gasteiger partial charge in [-0.15, -0.1) is 0 Å². The molecule has 0 radical (unpaired) electrons. The van der Waals surface area contributed by atoms with E-state index in [0.29, 0.717) is 32.2 Å². The van der Waals surface area contributed by atoms with Crippen LogP contribution in [0.15, 0.2) is 48.5 Å². The molecule has 0 heterocycles. The van der Waals surface area contributed by atoms with E-state index < -0.39 is 18.0 Å². The van der Waals surface area contributed by atoms with Crippen molar-refractivity contribution in [1.82, 2.24) is 10.6 Å². The van der Waals surface area contributed by atoms with Crippen molar-refractivity contribution in [2.75, 3.05) is 13.2 Å². The van der Waals surface area contributed by atoms with Crippen molar-refractivity contribution in [2.45, 2.75) is 57.4 Å². The lowest BCUT2D eigenvalue weighted by molar-refractivity contribution is -0.141. The summed E-state index contributed by atoms with van der Waals surface area (Å²) >= 11 is 0. The topological polar surface area (TPSA) is 105 Å². The van der Waals surface area contributed by atoms with Gasteiger partial charge in [0.1, 0.15) is 6.61 Å². The molecular formula is C28H34N2O5. The number of aliphatic carboxylic acids is 1. The summed E-state index contributed by atoms with van der Waals surface area (Å²) < 4.78 is 5.65. The normalized spacial score (nSPS) is 19.8. The van der Waals surface area contributed by atoms with Gasteiger partial charge in [-0.3, -0.25) is 9.59 Å². The van der Waals surface area contributed by atoms with E-state index in [1.165, 1.54) is 22.3 Å². The van der Waals surface area contributed by atoms with Crippen LogP contribution >= 0.6 is 0 Å². The lowest BCUT2D eigenvalue weighted by Crippen LogP contribution is -2.41. The molecule has 0 bridgehead atoms. The fourth-order valence-electron chi connectivity index (χ4n) is 5.19. The summed E-state index contributed by atoms with van der Waals surface area (Å²) in [7, 11) is 0. The number of hydrogen-bond acceptors (Lipinski definition) is 4. The Morgan fingerprint density at radius 2 is 1.57 bits per heavy atom. The van der Waals surface area contributed by atoms with Gasteiger partial charge < -0.3 is 20.5 Å². The van der Waals surface area contributed by atoms with Gasteiger partial charge in [0.25, 0.3) is 0 Å². The molecule has 35 heavy (non-hydrogen) atoms. The minimum atomic E-state index is -0.807. The van der Waals surface area contributed by atoms with Crippen molar-refractivity contribution >= 4 is 18.0 Å². The lowest BCUT2D eigenvalue weighted by Gasteiger charge is -2.28. The van der Waals surface area contributed by atoms with Crippen molar-refractivity contribution in [2.24, 2.45) is 11.8 Å². The SMILES string of the molecule is CC(CCCNC(=O)C1CCC(NC(=O)OCC2c3ccccc3-c3ccccc32)CC1)C(=O)O. The first-order chi connectivity index (χ1) is 16.9. The molecule has 2 aromatic rings. The number of alkyl carbamates (subject to hydrolysis) is 1. The van der Waals surface area contributed by atoms with E-state index in [-0.39, 0.29) is 30.4 Å². The minimum absolute atomic E-state index is 0.00566. The van der Waals surface area contributed by atoms with Gasteiger partial charge in [-0.1, -0.05) is 55.5 Å². The predicted molar refractivity (Wildman–Crippen MR) is 133 cm³/mol. The molecule has 7 heteroatoms. The van der Waals surface area contributed by atoms with E-state index in [0.717, 1.165) is 12.8 Å². The molecule has 7 nitrogen and oxygen atoms in total. The molecule has 1 unspecified atom stereocenters. The number of rotatable bonds is 9. The monoisotopic (exact) mass is 478 g/mol. The fourth-order valence-corrected chi connectivity index (χ4v) is 5.19. The van der Waals surface area contributed by atoms with E-state index in [9.17, 15) is 14.4 Å². The summed E-state index contributed by atoms with van der Waals surface area (Å²) in [6, 6.07) is 16.5. The Hall–Kier alpha value is -3.35. The lowest BCUT2D eigenvalue weighted by atomic mass is 9.85. The highest BCUT2D eigenvalue weighted by Gasteiger charge is 2.30. The van der Waals surface area contributed by atoms with Gasteiger partial charge in [0.05, 0.1) is 5.92 Å². The van der Waals surface area contributed by atoms with Crippen molar-refractivity contribution < 1.29 is 24.2 Å². The Labute approximate surface area is 206 Å². The smallest absolute Gasteiger partial charge is 0.407 e. The van der Waals surface area contributed by atoms with Gasteiger partial charge in [0.15, 0.2) is 0 Å². The number of carboxylic acid groups (broad SMARTS) is 1. The molecule has 2 aliphatic rings. The minimum Gasteiger partial charge on any atom is -0.481 e. The highest BCUT2D eigenvalue weighted by molar-refractivity contribution is 5.79. The zero-order valence-corrected chi connectivity index (χ0v) is 20.2. The summed E-state index contributed by atoms with van der Waals surface area (Å²) in [4.78, 5) is 35.8. The second-order valence-corrected chi connectivity index (χ2v) is 9.69. The van der Waals surface area contributed by atoms with Crippen LogP contribution in [0.25, 0.3) is 11.1 Å². The Bertz CT molecular complexity index is 1020. The maximum absolute atomic E-state index is 12.5. The van der Waals surface area contributed by atoms with Gasteiger partial charge in [-0.05, 0) is 60.8 Å². The quantitative estimate of drug-likeness (QED) is 0.453. The molecular weight excluding hydrogens is 444 g/mol. The van der Waals surface area contributed by atoms with Gasteiger partial charge in [-0.25, -0.2) is 4.79 Å². The van der Waals surface area contributed by atoms with Crippen molar-refractivity contribution in [3.8, 4) is 11.1 Å². The summed E-state index contributed by atoms with van der Waals surface area (Å²) in [5, 5.41) is 14.8. The van der Waals surface area contributed by atoms with Crippen LogP contribution in [-0.2, 0) is 14.3 Å². The Balaban J connectivity index is 1.18. The van der Waals surface area contributed by atoms with Crippen LogP contribution in [0.2, 0.25) is 0 Å². The first-order valence-corrected chi connectivity index (χ1v) is 12.6. The molecule has 1 saturated carbocycles. The van der Waals surface area contributed by atoms with E-state index in [1.807, 2.05) is 24.3 Å². The third-order valence-electron chi connectivity index (χ3n) is 7.30. The first kappa shape index (κ1) is 24.8. The Morgan fingerprint density at radius 3 is 2.17 bits per heavy atom. The maximum Gasteiger partial charge on any atom is 0.407 e. The van der Waals surface area contributed by atoms with Gasteiger partial charge >= 0.3 is 12.1 Å². The van der Waals surface area contributed by atoms with E-state index in [4.69, 9.17) is 9.84 Å². The average Bonchev–Trinajstić information content (AvgIpc) is 3.19. The van der Waals surface area contributed by atoms with Gasteiger partial charge in [0.2, 0.25) is 5.91 Å².